The molecule has 0 aromatic heterocycles. The van der Waals surface area contributed by atoms with Crippen molar-refractivity contribution >= 4 is 22.0 Å². The molecule has 0 radical (unpaired) electrons. The summed E-state index contributed by atoms with van der Waals surface area (Å²) in [5.41, 5.74) is 1.27. The van der Waals surface area contributed by atoms with E-state index in [1.807, 2.05) is 30.3 Å². The van der Waals surface area contributed by atoms with E-state index >= 15 is 0 Å². The van der Waals surface area contributed by atoms with Crippen LogP contribution in [0, 0.1) is 0 Å². The first-order valence-electron chi connectivity index (χ1n) is 11.7. The van der Waals surface area contributed by atoms with Crippen molar-refractivity contribution in [3.05, 3.63) is 102 Å². The standard InChI is InChI=1S/C27H29N3O5S/c1-35-24-15-9-8-14-23(24)26(32)28-20-27(22-12-6-3-7-13-22)16-18-30(19-17-27)36(33,34)29-25(31)21-10-4-2-5-11-21/h2-15H,16-20H2,1H3,(H,28,32)(H,29,31). The lowest BCUT2D eigenvalue weighted by atomic mass is 9.73. The molecule has 0 aliphatic carbocycles. The van der Waals surface area contributed by atoms with E-state index < -0.39 is 21.5 Å². The van der Waals surface area contributed by atoms with Crippen LogP contribution in [-0.4, -0.2) is 51.3 Å². The van der Waals surface area contributed by atoms with Gasteiger partial charge in [0.1, 0.15) is 5.75 Å². The number of ether oxygens (including phenoxy) is 1. The van der Waals surface area contributed by atoms with Gasteiger partial charge in [0.2, 0.25) is 0 Å². The first kappa shape index (κ1) is 25.4. The monoisotopic (exact) mass is 507 g/mol. The highest BCUT2D eigenvalue weighted by molar-refractivity contribution is 7.87. The number of nitrogens with zero attached hydrogens (tertiary/aromatic N) is 1. The van der Waals surface area contributed by atoms with E-state index in [1.165, 1.54) is 11.4 Å². The number of para-hydroxylation sites is 1. The number of carbonyl (C=O) groups is 2. The second-order valence-electron chi connectivity index (χ2n) is 8.73. The maximum Gasteiger partial charge on any atom is 0.304 e. The van der Waals surface area contributed by atoms with Gasteiger partial charge >= 0.3 is 10.2 Å². The molecule has 36 heavy (non-hydrogen) atoms. The zero-order chi connectivity index (χ0) is 25.6. The molecule has 1 heterocycles. The van der Waals surface area contributed by atoms with Crippen LogP contribution in [0.15, 0.2) is 84.9 Å². The first-order chi connectivity index (χ1) is 17.3. The van der Waals surface area contributed by atoms with Crippen LogP contribution < -0.4 is 14.8 Å². The quantitative estimate of drug-likeness (QED) is 0.488. The SMILES string of the molecule is COc1ccccc1C(=O)NCC1(c2ccccc2)CCN(S(=O)(=O)NC(=O)c2ccccc2)CC1. The fraction of sp³-hybridized carbons (Fsp3) is 0.259. The summed E-state index contributed by atoms with van der Waals surface area (Å²) in [5.74, 6) is -0.439. The maximum absolute atomic E-state index is 13.0. The van der Waals surface area contributed by atoms with Crippen molar-refractivity contribution in [2.24, 2.45) is 0 Å². The Bertz CT molecular complexity index is 1310. The van der Waals surface area contributed by atoms with Gasteiger partial charge in [0.05, 0.1) is 12.7 Å². The largest absolute Gasteiger partial charge is 0.496 e. The number of carbonyl (C=O) groups excluding carboxylic acids is 2. The number of nitrogens with one attached hydrogen (secondary N) is 2. The van der Waals surface area contributed by atoms with E-state index in [9.17, 15) is 18.0 Å². The Balaban J connectivity index is 1.48. The predicted octanol–water partition coefficient (Wildman–Crippen LogP) is 3.13. The summed E-state index contributed by atoms with van der Waals surface area (Å²) in [5, 5.41) is 3.03. The van der Waals surface area contributed by atoms with Crippen molar-refractivity contribution in [2.75, 3.05) is 26.7 Å². The van der Waals surface area contributed by atoms with E-state index in [4.69, 9.17) is 4.74 Å². The number of methoxy groups -OCH3 is 1. The fourth-order valence-corrected chi connectivity index (χ4v) is 5.67. The molecule has 1 fully saturated rings. The summed E-state index contributed by atoms with van der Waals surface area (Å²) in [7, 11) is -2.50. The van der Waals surface area contributed by atoms with Crippen LogP contribution in [-0.2, 0) is 15.6 Å². The van der Waals surface area contributed by atoms with Gasteiger partial charge in [0, 0.05) is 30.6 Å². The van der Waals surface area contributed by atoms with Crippen molar-refractivity contribution in [1.82, 2.24) is 14.3 Å². The Labute approximate surface area is 211 Å². The molecule has 9 heteroatoms. The molecule has 1 aliphatic rings. The molecule has 0 saturated carbocycles. The minimum Gasteiger partial charge on any atom is -0.496 e. The third-order valence-electron chi connectivity index (χ3n) is 6.60. The molecule has 2 amide bonds. The Hall–Kier alpha value is -3.69. The second-order valence-corrected chi connectivity index (χ2v) is 10.4. The highest BCUT2D eigenvalue weighted by Gasteiger charge is 2.40. The summed E-state index contributed by atoms with van der Waals surface area (Å²) < 4.78 is 34.7. The number of hydrogen-bond acceptors (Lipinski definition) is 5. The number of amides is 2. The number of hydrogen-bond donors (Lipinski definition) is 2. The van der Waals surface area contributed by atoms with E-state index in [0.717, 1.165) is 5.56 Å². The third kappa shape index (κ3) is 5.58. The lowest BCUT2D eigenvalue weighted by Crippen LogP contribution is -2.53. The summed E-state index contributed by atoms with van der Waals surface area (Å²) in [6.45, 7) is 0.742. The third-order valence-corrected chi connectivity index (χ3v) is 8.09. The van der Waals surface area contributed by atoms with Gasteiger partial charge in [-0.05, 0) is 42.7 Å². The summed E-state index contributed by atoms with van der Waals surface area (Å²) in [6, 6.07) is 25.0. The average Bonchev–Trinajstić information content (AvgIpc) is 2.92. The first-order valence-corrected chi connectivity index (χ1v) is 13.1. The summed E-state index contributed by atoms with van der Waals surface area (Å²) in [4.78, 5) is 25.4. The number of piperidine rings is 1. The van der Waals surface area contributed by atoms with E-state index in [0.29, 0.717) is 30.7 Å². The zero-order valence-corrected chi connectivity index (χ0v) is 20.8. The Kier molecular flexibility index (Phi) is 7.71. The van der Waals surface area contributed by atoms with Crippen LogP contribution in [0.5, 0.6) is 5.75 Å². The summed E-state index contributed by atoms with van der Waals surface area (Å²) >= 11 is 0. The van der Waals surface area contributed by atoms with Gasteiger partial charge < -0.3 is 10.1 Å². The lowest BCUT2D eigenvalue weighted by Gasteiger charge is -2.41. The van der Waals surface area contributed by atoms with Crippen molar-refractivity contribution in [3.8, 4) is 5.75 Å². The van der Waals surface area contributed by atoms with E-state index in [2.05, 4.69) is 10.0 Å². The molecule has 2 N–H and O–H groups in total. The van der Waals surface area contributed by atoms with E-state index in [1.54, 1.807) is 54.6 Å². The molecule has 4 rings (SSSR count). The Morgan fingerprint density at radius 2 is 1.44 bits per heavy atom. The van der Waals surface area contributed by atoms with Gasteiger partial charge in [-0.2, -0.15) is 12.7 Å². The highest BCUT2D eigenvalue weighted by Crippen LogP contribution is 2.36. The van der Waals surface area contributed by atoms with Crippen LogP contribution in [0.25, 0.3) is 0 Å². The molecular formula is C27H29N3O5S. The molecule has 0 unspecified atom stereocenters. The Morgan fingerprint density at radius 3 is 2.08 bits per heavy atom. The Morgan fingerprint density at radius 1 is 0.861 bits per heavy atom. The molecule has 0 spiro atoms. The molecule has 0 bridgehead atoms. The molecule has 1 aliphatic heterocycles. The fourth-order valence-electron chi connectivity index (χ4n) is 4.52. The van der Waals surface area contributed by atoms with Gasteiger partial charge in [-0.25, -0.2) is 4.72 Å². The van der Waals surface area contributed by atoms with Gasteiger partial charge in [-0.15, -0.1) is 0 Å². The maximum atomic E-state index is 13.0. The summed E-state index contributed by atoms with van der Waals surface area (Å²) in [6.07, 6.45) is 0.952. The molecular weight excluding hydrogens is 478 g/mol. The smallest absolute Gasteiger partial charge is 0.304 e. The normalized spacial score (nSPS) is 15.6. The molecule has 3 aromatic carbocycles. The van der Waals surface area contributed by atoms with Crippen molar-refractivity contribution < 1.29 is 22.7 Å². The van der Waals surface area contributed by atoms with Crippen LogP contribution >= 0.6 is 0 Å². The minimum absolute atomic E-state index is 0.205. The molecule has 0 atom stereocenters. The number of rotatable bonds is 8. The molecule has 8 nitrogen and oxygen atoms in total. The number of benzene rings is 3. The molecule has 3 aromatic rings. The molecule has 1 saturated heterocycles. The predicted molar refractivity (Wildman–Crippen MR) is 137 cm³/mol. The van der Waals surface area contributed by atoms with Crippen LogP contribution in [0.4, 0.5) is 0 Å². The van der Waals surface area contributed by atoms with Crippen LogP contribution in [0.3, 0.4) is 0 Å². The second kappa shape index (κ2) is 10.9. The topological polar surface area (TPSA) is 105 Å². The zero-order valence-electron chi connectivity index (χ0n) is 20.0. The van der Waals surface area contributed by atoms with Gasteiger partial charge in [0.15, 0.2) is 0 Å². The lowest BCUT2D eigenvalue weighted by molar-refractivity contribution is 0.0925. The van der Waals surface area contributed by atoms with Gasteiger partial charge in [-0.3, -0.25) is 9.59 Å². The van der Waals surface area contributed by atoms with Crippen molar-refractivity contribution in [1.29, 1.82) is 0 Å². The van der Waals surface area contributed by atoms with E-state index in [-0.39, 0.29) is 24.6 Å². The van der Waals surface area contributed by atoms with Crippen molar-refractivity contribution in [2.45, 2.75) is 18.3 Å². The van der Waals surface area contributed by atoms with Gasteiger partial charge in [-0.1, -0.05) is 60.7 Å². The minimum atomic E-state index is -4.02. The van der Waals surface area contributed by atoms with Gasteiger partial charge in [0.25, 0.3) is 11.8 Å². The average molecular weight is 508 g/mol. The molecule has 188 valence electrons. The van der Waals surface area contributed by atoms with Crippen LogP contribution in [0.2, 0.25) is 0 Å². The van der Waals surface area contributed by atoms with Crippen LogP contribution in [0.1, 0.15) is 39.1 Å². The van der Waals surface area contributed by atoms with Crippen molar-refractivity contribution in [3.63, 3.8) is 0 Å². The highest BCUT2D eigenvalue weighted by atomic mass is 32.2.